The monoisotopic (exact) mass is 555 g/mol. The van der Waals surface area contributed by atoms with E-state index in [2.05, 4.69) is 10.3 Å². The molecule has 1 spiro atoms. The molecule has 4 aromatic rings. The van der Waals surface area contributed by atoms with Crippen molar-refractivity contribution < 1.29 is 19.1 Å². The third kappa shape index (κ3) is 3.73. The van der Waals surface area contributed by atoms with Crippen LogP contribution < -0.4 is 10.1 Å². The fourth-order valence-electron chi connectivity index (χ4n) is 6.94. The zero-order valence-electron chi connectivity index (χ0n) is 23.1. The maximum absolute atomic E-state index is 14.8. The molecular weight excluding hydrogens is 526 g/mol. The molecule has 3 aliphatic rings. The van der Waals surface area contributed by atoms with Gasteiger partial charge >= 0.3 is 0 Å². The summed E-state index contributed by atoms with van der Waals surface area (Å²) in [6, 6.07) is 25.9. The van der Waals surface area contributed by atoms with Gasteiger partial charge in [0.25, 0.3) is 0 Å². The molecule has 0 aliphatic carbocycles. The molecule has 7 rings (SSSR count). The van der Waals surface area contributed by atoms with Crippen molar-refractivity contribution in [2.75, 3.05) is 11.9 Å². The maximum Gasteiger partial charge on any atom is 0.238 e. The number of ketones is 2. The molecule has 208 valence electrons. The van der Waals surface area contributed by atoms with Crippen molar-refractivity contribution in [1.82, 2.24) is 9.88 Å². The predicted octanol–water partition coefficient (Wildman–Crippen LogP) is 5.85. The zero-order chi connectivity index (χ0) is 28.8. The van der Waals surface area contributed by atoms with Crippen LogP contribution in [0.3, 0.4) is 0 Å². The lowest BCUT2D eigenvalue weighted by Crippen LogP contribution is -2.49. The number of carbonyl (C=O) groups is 3. The van der Waals surface area contributed by atoms with Gasteiger partial charge in [-0.15, -0.1) is 0 Å². The number of fused-ring (bicyclic) bond motifs is 6. The number of ether oxygens (including phenoxy) is 1. The minimum Gasteiger partial charge on any atom is -0.494 e. The Morgan fingerprint density at radius 2 is 1.69 bits per heavy atom. The Bertz CT molecular complexity index is 1730. The average molecular weight is 556 g/mol. The number of anilines is 1. The Balaban J connectivity index is 1.47. The molecule has 1 amide bonds. The first kappa shape index (κ1) is 25.9. The van der Waals surface area contributed by atoms with Crippen molar-refractivity contribution in [3.8, 4) is 5.75 Å². The van der Waals surface area contributed by atoms with E-state index in [-0.39, 0.29) is 23.2 Å². The lowest BCUT2D eigenvalue weighted by Gasteiger charge is -2.38. The molecule has 3 aliphatic heterocycles. The second-order valence-electron chi connectivity index (χ2n) is 10.9. The SMILES string of the molecule is CCCOc1ccc(C(=O)[C@@H]2[C@H](C(=O)c3ccccn3)N3C=Cc4ccccc4[C@@H]3[C@]23C(=O)Nc2ccccc23)cc1. The largest absolute Gasteiger partial charge is 0.494 e. The molecular formula is C35H29N3O4. The summed E-state index contributed by atoms with van der Waals surface area (Å²) in [6.07, 6.45) is 6.25. The van der Waals surface area contributed by atoms with Crippen LogP contribution in [0.15, 0.2) is 103 Å². The molecule has 1 N–H and O–H groups in total. The van der Waals surface area contributed by atoms with E-state index >= 15 is 0 Å². The van der Waals surface area contributed by atoms with Crippen LogP contribution in [0.1, 0.15) is 56.9 Å². The van der Waals surface area contributed by atoms with Gasteiger partial charge in [0, 0.05) is 23.6 Å². The Morgan fingerprint density at radius 1 is 0.929 bits per heavy atom. The van der Waals surface area contributed by atoms with E-state index in [0.717, 1.165) is 17.5 Å². The van der Waals surface area contributed by atoms with Crippen molar-refractivity contribution >= 4 is 29.2 Å². The Morgan fingerprint density at radius 3 is 2.48 bits per heavy atom. The number of rotatable bonds is 7. The van der Waals surface area contributed by atoms with Gasteiger partial charge < -0.3 is 15.0 Å². The lowest BCUT2D eigenvalue weighted by molar-refractivity contribution is -0.122. The van der Waals surface area contributed by atoms with Gasteiger partial charge in [0.1, 0.15) is 22.9 Å². The van der Waals surface area contributed by atoms with Crippen molar-refractivity contribution in [2.45, 2.75) is 30.8 Å². The minimum absolute atomic E-state index is 0.248. The van der Waals surface area contributed by atoms with Gasteiger partial charge in [-0.3, -0.25) is 19.4 Å². The number of aromatic nitrogens is 1. The van der Waals surface area contributed by atoms with Crippen molar-refractivity contribution in [2.24, 2.45) is 5.92 Å². The van der Waals surface area contributed by atoms with E-state index in [1.807, 2.05) is 72.6 Å². The van der Waals surface area contributed by atoms with Crippen molar-refractivity contribution in [3.63, 3.8) is 0 Å². The fraction of sp³-hybridized carbons (Fsp3) is 0.200. The molecule has 0 bridgehead atoms. The van der Waals surface area contributed by atoms with Crippen LogP contribution in [-0.4, -0.2) is 40.0 Å². The number of para-hydroxylation sites is 1. The van der Waals surface area contributed by atoms with Crippen molar-refractivity contribution in [1.29, 1.82) is 0 Å². The van der Waals surface area contributed by atoms with Crippen LogP contribution in [0.5, 0.6) is 5.75 Å². The maximum atomic E-state index is 14.8. The van der Waals surface area contributed by atoms with Crippen LogP contribution in [-0.2, 0) is 10.2 Å². The molecule has 7 heteroatoms. The van der Waals surface area contributed by atoms with Gasteiger partial charge in [-0.2, -0.15) is 0 Å². The summed E-state index contributed by atoms with van der Waals surface area (Å²) < 4.78 is 5.75. The van der Waals surface area contributed by atoms with Gasteiger partial charge in [0.15, 0.2) is 5.78 Å². The van der Waals surface area contributed by atoms with E-state index in [1.54, 1.807) is 48.7 Å². The fourth-order valence-corrected chi connectivity index (χ4v) is 6.94. The Kier molecular flexibility index (Phi) is 6.23. The summed E-state index contributed by atoms with van der Waals surface area (Å²) >= 11 is 0. The molecule has 0 saturated carbocycles. The van der Waals surface area contributed by atoms with Gasteiger partial charge in [-0.25, -0.2) is 0 Å². The zero-order valence-corrected chi connectivity index (χ0v) is 23.1. The van der Waals surface area contributed by atoms with E-state index < -0.39 is 23.4 Å². The first-order valence-electron chi connectivity index (χ1n) is 14.2. The predicted molar refractivity (Wildman–Crippen MR) is 159 cm³/mol. The first-order valence-corrected chi connectivity index (χ1v) is 14.2. The third-order valence-electron chi connectivity index (χ3n) is 8.65. The summed E-state index contributed by atoms with van der Waals surface area (Å²) in [5.74, 6) is -1.26. The van der Waals surface area contributed by atoms with E-state index in [9.17, 15) is 14.4 Å². The number of carbonyl (C=O) groups excluding carboxylic acids is 3. The molecule has 1 saturated heterocycles. The number of Topliss-reactive ketones (excluding diaryl/α,β-unsaturated/α-hetero) is 2. The van der Waals surface area contributed by atoms with Crippen LogP contribution in [0.25, 0.3) is 6.08 Å². The molecule has 1 fully saturated rings. The van der Waals surface area contributed by atoms with Gasteiger partial charge in [-0.1, -0.05) is 55.5 Å². The standard InChI is InChI=1S/C35H29N3O4/c1-2-21-42-24-16-14-23(15-17-24)31(39)29-30(32(40)28-13-7-8-19-36-28)38-20-18-22-9-3-4-10-25(22)33(38)35(29)26-11-5-6-12-27(26)37-34(35)41/h3-20,29-30,33H,2,21H2,1H3,(H,37,41)/t29-,30+,33+,35+/m0/s1. The molecule has 0 unspecified atom stereocenters. The lowest BCUT2D eigenvalue weighted by atomic mass is 9.62. The number of hydrogen-bond donors (Lipinski definition) is 1. The third-order valence-corrected chi connectivity index (χ3v) is 8.65. The highest BCUT2D eigenvalue weighted by atomic mass is 16.5. The number of benzene rings is 3. The summed E-state index contributed by atoms with van der Waals surface area (Å²) in [6.45, 7) is 2.60. The highest BCUT2D eigenvalue weighted by Gasteiger charge is 2.70. The summed E-state index contributed by atoms with van der Waals surface area (Å²) in [4.78, 5) is 50.1. The molecule has 0 radical (unpaired) electrons. The highest BCUT2D eigenvalue weighted by Crippen LogP contribution is 2.62. The van der Waals surface area contributed by atoms with E-state index in [4.69, 9.17) is 4.74 Å². The number of hydrogen-bond acceptors (Lipinski definition) is 6. The van der Waals surface area contributed by atoms with Crippen LogP contribution in [0, 0.1) is 5.92 Å². The number of nitrogens with zero attached hydrogens (tertiary/aromatic N) is 2. The summed E-state index contributed by atoms with van der Waals surface area (Å²) in [5, 5.41) is 3.07. The Hall–Kier alpha value is -5.04. The second-order valence-corrected chi connectivity index (χ2v) is 10.9. The second kappa shape index (κ2) is 10.1. The number of nitrogens with one attached hydrogen (secondary N) is 1. The van der Waals surface area contributed by atoms with Gasteiger partial charge in [0.05, 0.1) is 18.6 Å². The summed E-state index contributed by atoms with van der Waals surface area (Å²) in [5.41, 5.74) is 2.50. The minimum atomic E-state index is -1.37. The Labute approximate surface area is 243 Å². The molecule has 42 heavy (non-hydrogen) atoms. The number of pyridine rings is 1. The molecule has 7 nitrogen and oxygen atoms in total. The van der Waals surface area contributed by atoms with Crippen LogP contribution in [0.2, 0.25) is 0 Å². The number of amides is 1. The molecule has 4 atom stereocenters. The summed E-state index contributed by atoms with van der Waals surface area (Å²) in [7, 11) is 0. The van der Waals surface area contributed by atoms with E-state index in [1.165, 1.54) is 0 Å². The van der Waals surface area contributed by atoms with Crippen LogP contribution in [0.4, 0.5) is 5.69 Å². The highest BCUT2D eigenvalue weighted by molar-refractivity contribution is 6.16. The molecule has 3 aromatic carbocycles. The average Bonchev–Trinajstić information content (AvgIpc) is 3.52. The molecule has 1 aromatic heterocycles. The van der Waals surface area contributed by atoms with Gasteiger partial charge in [-0.05, 0) is 71.7 Å². The quantitative estimate of drug-likeness (QED) is 0.288. The first-order chi connectivity index (χ1) is 20.6. The van der Waals surface area contributed by atoms with Crippen molar-refractivity contribution in [3.05, 3.63) is 131 Å². The van der Waals surface area contributed by atoms with Crippen LogP contribution >= 0.6 is 0 Å². The smallest absolute Gasteiger partial charge is 0.238 e. The van der Waals surface area contributed by atoms with E-state index in [0.29, 0.717) is 29.2 Å². The molecule has 4 heterocycles. The topological polar surface area (TPSA) is 88.6 Å². The van der Waals surface area contributed by atoms with Gasteiger partial charge in [0.2, 0.25) is 11.7 Å². The normalized spacial score (nSPS) is 23.2.